The normalized spacial score (nSPS) is 23.0. The Labute approximate surface area is 137 Å². The van der Waals surface area contributed by atoms with Crippen LogP contribution in [0.3, 0.4) is 0 Å². The Bertz CT molecular complexity index is 531. The van der Waals surface area contributed by atoms with Crippen molar-refractivity contribution in [3.05, 3.63) is 23.8 Å². The van der Waals surface area contributed by atoms with Gasteiger partial charge in [-0.1, -0.05) is 0 Å². The van der Waals surface area contributed by atoms with Gasteiger partial charge in [-0.25, -0.2) is 0 Å². The molecule has 6 nitrogen and oxygen atoms in total. The summed E-state index contributed by atoms with van der Waals surface area (Å²) >= 11 is 0. The summed E-state index contributed by atoms with van der Waals surface area (Å²) < 4.78 is 5.63. The summed E-state index contributed by atoms with van der Waals surface area (Å²) in [5.41, 5.74) is 1.99. The lowest BCUT2D eigenvalue weighted by molar-refractivity contribution is -0.145. The SMILES string of the molecule is Cc1nccnc1CC[C@H]1COCCN1C(=O)C1CCNCC1. The third-order valence-electron chi connectivity index (χ3n) is 4.90. The zero-order chi connectivity index (χ0) is 16.1. The molecule has 3 rings (SSSR count). The highest BCUT2D eigenvalue weighted by atomic mass is 16.5. The summed E-state index contributed by atoms with van der Waals surface area (Å²) in [6.07, 6.45) is 7.07. The Balaban J connectivity index is 1.61. The summed E-state index contributed by atoms with van der Waals surface area (Å²) in [6.45, 7) is 5.88. The first-order chi connectivity index (χ1) is 11.3. The summed E-state index contributed by atoms with van der Waals surface area (Å²) in [4.78, 5) is 23.6. The quantitative estimate of drug-likeness (QED) is 0.895. The molecule has 2 aliphatic heterocycles. The molecule has 1 N–H and O–H groups in total. The van der Waals surface area contributed by atoms with Crippen LogP contribution < -0.4 is 5.32 Å². The lowest BCUT2D eigenvalue weighted by atomic mass is 9.95. The van der Waals surface area contributed by atoms with Crippen LogP contribution in [0.2, 0.25) is 0 Å². The number of rotatable bonds is 4. The average molecular weight is 318 g/mol. The van der Waals surface area contributed by atoms with E-state index in [2.05, 4.69) is 20.2 Å². The van der Waals surface area contributed by atoms with Crippen molar-refractivity contribution in [2.24, 2.45) is 5.92 Å². The van der Waals surface area contributed by atoms with Crippen LogP contribution in [-0.2, 0) is 16.0 Å². The fourth-order valence-corrected chi connectivity index (χ4v) is 3.47. The Hall–Kier alpha value is -1.53. The van der Waals surface area contributed by atoms with Gasteiger partial charge in [0.15, 0.2) is 0 Å². The highest BCUT2D eigenvalue weighted by molar-refractivity contribution is 5.79. The molecule has 2 aliphatic rings. The van der Waals surface area contributed by atoms with Gasteiger partial charge in [-0.05, 0) is 45.7 Å². The molecule has 126 valence electrons. The maximum absolute atomic E-state index is 12.9. The molecular weight excluding hydrogens is 292 g/mol. The molecule has 0 saturated carbocycles. The second-order valence-corrected chi connectivity index (χ2v) is 6.41. The van der Waals surface area contributed by atoms with Gasteiger partial charge in [0.2, 0.25) is 5.91 Å². The van der Waals surface area contributed by atoms with Gasteiger partial charge in [0.25, 0.3) is 0 Å². The largest absolute Gasteiger partial charge is 0.377 e. The van der Waals surface area contributed by atoms with Crippen molar-refractivity contribution in [3.8, 4) is 0 Å². The van der Waals surface area contributed by atoms with E-state index < -0.39 is 0 Å². The third kappa shape index (κ3) is 4.06. The smallest absolute Gasteiger partial charge is 0.226 e. The van der Waals surface area contributed by atoms with Crippen molar-refractivity contribution in [2.75, 3.05) is 32.8 Å². The molecule has 2 fully saturated rings. The number of hydrogen-bond donors (Lipinski definition) is 1. The van der Waals surface area contributed by atoms with Crippen molar-refractivity contribution in [1.29, 1.82) is 0 Å². The number of carbonyl (C=O) groups excluding carboxylic acids is 1. The van der Waals surface area contributed by atoms with Gasteiger partial charge in [-0.15, -0.1) is 0 Å². The molecule has 1 aromatic rings. The minimum Gasteiger partial charge on any atom is -0.377 e. The van der Waals surface area contributed by atoms with Crippen LogP contribution in [0.1, 0.15) is 30.7 Å². The van der Waals surface area contributed by atoms with E-state index in [1.165, 1.54) is 0 Å². The molecule has 0 aromatic carbocycles. The Morgan fingerprint density at radius 1 is 1.35 bits per heavy atom. The van der Waals surface area contributed by atoms with Crippen molar-refractivity contribution in [3.63, 3.8) is 0 Å². The number of morpholine rings is 1. The number of nitrogens with one attached hydrogen (secondary N) is 1. The van der Waals surface area contributed by atoms with Crippen molar-refractivity contribution >= 4 is 5.91 Å². The fourth-order valence-electron chi connectivity index (χ4n) is 3.47. The number of aromatic nitrogens is 2. The van der Waals surface area contributed by atoms with E-state index in [0.29, 0.717) is 25.7 Å². The van der Waals surface area contributed by atoms with Crippen LogP contribution in [0.4, 0.5) is 0 Å². The van der Waals surface area contributed by atoms with Gasteiger partial charge in [0.1, 0.15) is 0 Å². The molecule has 6 heteroatoms. The molecule has 1 atom stereocenters. The van der Waals surface area contributed by atoms with E-state index >= 15 is 0 Å². The van der Waals surface area contributed by atoms with Gasteiger partial charge in [0, 0.05) is 24.9 Å². The third-order valence-corrected chi connectivity index (χ3v) is 4.90. The van der Waals surface area contributed by atoms with Gasteiger partial charge in [-0.3, -0.25) is 14.8 Å². The highest BCUT2D eigenvalue weighted by Gasteiger charge is 2.32. The zero-order valence-electron chi connectivity index (χ0n) is 13.8. The van der Waals surface area contributed by atoms with Crippen LogP contribution in [0.15, 0.2) is 12.4 Å². The summed E-state index contributed by atoms with van der Waals surface area (Å²) in [5.74, 6) is 0.491. The van der Waals surface area contributed by atoms with Crippen LogP contribution in [0, 0.1) is 12.8 Å². The van der Waals surface area contributed by atoms with Crippen LogP contribution in [-0.4, -0.2) is 59.7 Å². The van der Waals surface area contributed by atoms with Gasteiger partial charge in [-0.2, -0.15) is 0 Å². The summed E-state index contributed by atoms with van der Waals surface area (Å²) in [6, 6.07) is 0.160. The first-order valence-corrected chi connectivity index (χ1v) is 8.61. The first-order valence-electron chi connectivity index (χ1n) is 8.61. The van der Waals surface area contributed by atoms with Crippen molar-refractivity contribution in [2.45, 2.75) is 38.6 Å². The lowest BCUT2D eigenvalue weighted by Gasteiger charge is -2.38. The molecule has 1 aromatic heterocycles. The molecule has 23 heavy (non-hydrogen) atoms. The van der Waals surface area contributed by atoms with E-state index in [1.807, 2.05) is 6.92 Å². The number of nitrogens with zero attached hydrogens (tertiary/aromatic N) is 3. The molecular formula is C17H26N4O2. The van der Waals surface area contributed by atoms with E-state index in [4.69, 9.17) is 4.74 Å². The van der Waals surface area contributed by atoms with Crippen LogP contribution in [0.5, 0.6) is 0 Å². The van der Waals surface area contributed by atoms with Crippen LogP contribution >= 0.6 is 0 Å². The number of aryl methyl sites for hydroxylation is 2. The predicted octanol–water partition coefficient (Wildman–Crippen LogP) is 0.945. The Kier molecular flexibility index (Phi) is 5.56. The lowest BCUT2D eigenvalue weighted by Crippen LogP contribution is -2.52. The molecule has 0 spiro atoms. The minimum atomic E-state index is 0.160. The maximum atomic E-state index is 12.9. The Morgan fingerprint density at radius 3 is 2.91 bits per heavy atom. The van der Waals surface area contributed by atoms with E-state index in [9.17, 15) is 4.79 Å². The summed E-state index contributed by atoms with van der Waals surface area (Å²) in [5, 5.41) is 3.33. The second-order valence-electron chi connectivity index (χ2n) is 6.41. The molecule has 0 radical (unpaired) electrons. The van der Waals surface area contributed by atoms with Gasteiger partial charge in [0.05, 0.1) is 30.6 Å². The molecule has 3 heterocycles. The zero-order valence-corrected chi connectivity index (χ0v) is 13.8. The van der Waals surface area contributed by atoms with Gasteiger partial charge < -0.3 is 15.0 Å². The second kappa shape index (κ2) is 7.84. The van der Waals surface area contributed by atoms with Crippen LogP contribution in [0.25, 0.3) is 0 Å². The molecule has 1 amide bonds. The van der Waals surface area contributed by atoms with Gasteiger partial charge >= 0.3 is 0 Å². The fraction of sp³-hybridized carbons (Fsp3) is 0.706. The molecule has 2 saturated heterocycles. The Morgan fingerprint density at radius 2 is 2.13 bits per heavy atom. The van der Waals surface area contributed by atoms with Crippen molar-refractivity contribution < 1.29 is 9.53 Å². The molecule has 0 unspecified atom stereocenters. The molecule has 0 aliphatic carbocycles. The molecule has 0 bridgehead atoms. The monoisotopic (exact) mass is 318 g/mol. The summed E-state index contributed by atoms with van der Waals surface area (Å²) in [7, 11) is 0. The number of amides is 1. The topological polar surface area (TPSA) is 67.4 Å². The number of piperidine rings is 1. The van der Waals surface area contributed by atoms with E-state index in [-0.39, 0.29) is 12.0 Å². The average Bonchev–Trinajstić information content (AvgIpc) is 2.61. The maximum Gasteiger partial charge on any atom is 0.226 e. The van der Waals surface area contributed by atoms with Crippen molar-refractivity contribution in [1.82, 2.24) is 20.2 Å². The number of hydrogen-bond acceptors (Lipinski definition) is 5. The first kappa shape index (κ1) is 16.3. The predicted molar refractivity (Wildman–Crippen MR) is 87.0 cm³/mol. The number of carbonyl (C=O) groups is 1. The van der Waals surface area contributed by atoms with E-state index in [1.54, 1.807) is 12.4 Å². The van der Waals surface area contributed by atoms with E-state index in [0.717, 1.165) is 50.2 Å². The minimum absolute atomic E-state index is 0.160. The number of ether oxygens (including phenoxy) is 1. The highest BCUT2D eigenvalue weighted by Crippen LogP contribution is 2.21. The standard InChI is InChI=1S/C17H26N4O2/c1-13-16(20-9-8-19-13)3-2-15-12-23-11-10-21(15)17(22)14-4-6-18-7-5-14/h8-9,14-15,18H,2-7,10-12H2,1H3/t15-/m0/s1.